The lowest BCUT2D eigenvalue weighted by atomic mass is 10.0. The fraction of sp³-hybridized carbons (Fsp3) is 0.364. The number of aliphatic imine (C=N–C) groups is 1. The molecule has 158 valence electrons. The predicted octanol–water partition coefficient (Wildman–Crippen LogP) is 4.13. The number of Topliss-reactive ketones (excluding diaryl/α,β-unsaturated/α-hetero) is 1. The Morgan fingerprint density at radius 3 is 2.77 bits per heavy atom. The number of aromatic nitrogens is 2. The number of carbonyl (C=O) groups is 1. The summed E-state index contributed by atoms with van der Waals surface area (Å²) in [5.74, 6) is 0.399. The highest BCUT2D eigenvalue weighted by Crippen LogP contribution is 2.22. The largest absolute Gasteiger partial charge is 0.475 e. The summed E-state index contributed by atoms with van der Waals surface area (Å²) < 4.78 is 10.7. The minimum Gasteiger partial charge on any atom is -0.475 e. The van der Waals surface area contributed by atoms with Crippen molar-refractivity contribution in [2.24, 2.45) is 4.99 Å². The van der Waals surface area contributed by atoms with E-state index in [1.54, 1.807) is 19.4 Å². The van der Waals surface area contributed by atoms with Crippen molar-refractivity contribution in [3.8, 4) is 5.88 Å². The van der Waals surface area contributed by atoms with E-state index >= 15 is 0 Å². The van der Waals surface area contributed by atoms with Crippen molar-refractivity contribution >= 4 is 29.3 Å². The number of ketones is 1. The molecule has 0 saturated carbocycles. The second kappa shape index (κ2) is 10.3. The quantitative estimate of drug-likeness (QED) is 0.604. The number of hydrogen-bond donors (Lipinski definition) is 1. The van der Waals surface area contributed by atoms with Crippen LogP contribution in [0.1, 0.15) is 36.3 Å². The third-order valence-electron chi connectivity index (χ3n) is 4.41. The fourth-order valence-corrected chi connectivity index (χ4v) is 3.07. The first-order valence-electron chi connectivity index (χ1n) is 9.78. The third-order valence-corrected chi connectivity index (χ3v) is 4.61. The van der Waals surface area contributed by atoms with Gasteiger partial charge in [0, 0.05) is 50.3 Å². The molecule has 0 aromatic carbocycles. The van der Waals surface area contributed by atoms with Crippen LogP contribution in [0.5, 0.6) is 5.88 Å². The van der Waals surface area contributed by atoms with Crippen LogP contribution in [-0.4, -0.2) is 48.0 Å². The van der Waals surface area contributed by atoms with Crippen molar-refractivity contribution < 1.29 is 14.3 Å². The highest BCUT2D eigenvalue weighted by molar-refractivity contribution is 6.31. The number of halogens is 1. The highest BCUT2D eigenvalue weighted by atomic mass is 35.5. The molecule has 0 aliphatic carbocycles. The maximum absolute atomic E-state index is 12.9. The molecular formula is C22H25ClN4O3. The van der Waals surface area contributed by atoms with Gasteiger partial charge in [0.2, 0.25) is 11.7 Å². The maximum atomic E-state index is 12.9. The number of carbonyl (C=O) groups excluding carboxylic acids is 1. The molecule has 1 unspecified atom stereocenters. The van der Waals surface area contributed by atoms with Gasteiger partial charge in [-0.25, -0.2) is 9.97 Å². The van der Waals surface area contributed by atoms with E-state index in [9.17, 15) is 4.79 Å². The number of methoxy groups -OCH3 is 1. The number of dihydropyridines is 1. The first kappa shape index (κ1) is 21.9. The van der Waals surface area contributed by atoms with Crippen LogP contribution in [0.3, 0.4) is 0 Å². The normalized spacial score (nSPS) is 15.8. The van der Waals surface area contributed by atoms with Crippen LogP contribution < -0.4 is 10.1 Å². The van der Waals surface area contributed by atoms with Crippen molar-refractivity contribution in [1.29, 1.82) is 0 Å². The standard InChI is InChI=1S/C22H25ClN4O3/c1-14(2)30-20-6-4-15(11-25-20)8-9-24-18-10-17(23)13-27-21(18)22(28)16-5-7-19(29-3)26-12-16/h4-6,10-14,19,24H,7-9H2,1-3H3. The molecular weight excluding hydrogens is 404 g/mol. The van der Waals surface area contributed by atoms with Gasteiger partial charge in [-0.1, -0.05) is 23.7 Å². The molecule has 30 heavy (non-hydrogen) atoms. The molecule has 0 fully saturated rings. The zero-order valence-corrected chi connectivity index (χ0v) is 18.0. The molecule has 3 heterocycles. The Morgan fingerprint density at radius 2 is 2.13 bits per heavy atom. The zero-order chi connectivity index (χ0) is 21.5. The number of ether oxygens (including phenoxy) is 2. The van der Waals surface area contributed by atoms with Gasteiger partial charge in [0.25, 0.3) is 0 Å². The first-order valence-corrected chi connectivity index (χ1v) is 10.2. The van der Waals surface area contributed by atoms with Gasteiger partial charge >= 0.3 is 0 Å². The monoisotopic (exact) mass is 428 g/mol. The van der Waals surface area contributed by atoms with Crippen molar-refractivity contribution in [1.82, 2.24) is 9.97 Å². The number of pyridine rings is 2. The van der Waals surface area contributed by atoms with Gasteiger partial charge in [0.1, 0.15) is 5.69 Å². The molecule has 1 aliphatic heterocycles. The first-order chi connectivity index (χ1) is 14.5. The average molecular weight is 429 g/mol. The molecule has 2 aromatic rings. The summed E-state index contributed by atoms with van der Waals surface area (Å²) in [6, 6.07) is 5.54. The predicted molar refractivity (Wildman–Crippen MR) is 118 cm³/mol. The van der Waals surface area contributed by atoms with Gasteiger partial charge in [-0.15, -0.1) is 0 Å². The smallest absolute Gasteiger partial charge is 0.214 e. The average Bonchev–Trinajstić information content (AvgIpc) is 2.74. The van der Waals surface area contributed by atoms with Gasteiger partial charge < -0.3 is 14.8 Å². The summed E-state index contributed by atoms with van der Waals surface area (Å²) in [5.41, 5.74) is 2.44. The Morgan fingerprint density at radius 1 is 1.30 bits per heavy atom. The Balaban J connectivity index is 1.65. The van der Waals surface area contributed by atoms with Gasteiger partial charge in [0.15, 0.2) is 6.23 Å². The Hall–Kier alpha value is -2.77. The molecule has 2 aromatic heterocycles. The minimum absolute atomic E-state index is 0.0843. The number of hydrogen-bond acceptors (Lipinski definition) is 7. The molecule has 8 heteroatoms. The van der Waals surface area contributed by atoms with Gasteiger partial charge in [0.05, 0.1) is 16.8 Å². The third kappa shape index (κ3) is 5.87. The SMILES string of the molecule is COC1CC=C(C(=O)c2ncc(Cl)cc2NCCc2ccc(OC(C)C)nc2)C=N1. The molecule has 0 spiro atoms. The number of nitrogens with one attached hydrogen (secondary N) is 1. The van der Waals surface area contributed by atoms with E-state index in [1.165, 1.54) is 12.4 Å². The molecule has 1 atom stereocenters. The minimum atomic E-state index is -0.247. The summed E-state index contributed by atoms with van der Waals surface area (Å²) in [4.78, 5) is 25.7. The molecule has 3 rings (SSSR count). The summed E-state index contributed by atoms with van der Waals surface area (Å²) in [6.45, 7) is 4.51. The van der Waals surface area contributed by atoms with Crippen LogP contribution >= 0.6 is 11.6 Å². The summed E-state index contributed by atoms with van der Waals surface area (Å²) in [7, 11) is 1.59. The molecule has 0 amide bonds. The van der Waals surface area contributed by atoms with Crippen LogP contribution in [0.25, 0.3) is 0 Å². The molecule has 0 bridgehead atoms. The van der Waals surface area contributed by atoms with Gasteiger partial charge in [-0.3, -0.25) is 9.79 Å². The van der Waals surface area contributed by atoms with Crippen molar-refractivity contribution in [2.45, 2.75) is 39.0 Å². The van der Waals surface area contributed by atoms with E-state index in [0.29, 0.717) is 40.8 Å². The lowest BCUT2D eigenvalue weighted by Gasteiger charge is -2.15. The van der Waals surface area contributed by atoms with E-state index in [0.717, 1.165) is 12.0 Å². The molecule has 1 N–H and O–H groups in total. The summed E-state index contributed by atoms with van der Waals surface area (Å²) >= 11 is 6.10. The lowest BCUT2D eigenvalue weighted by Crippen LogP contribution is -2.17. The van der Waals surface area contributed by atoms with E-state index in [-0.39, 0.29) is 18.1 Å². The van der Waals surface area contributed by atoms with Crippen LogP contribution in [0.15, 0.2) is 47.2 Å². The van der Waals surface area contributed by atoms with Gasteiger partial charge in [-0.05, 0) is 31.9 Å². The Bertz CT molecular complexity index is 942. The fourth-order valence-electron chi connectivity index (χ4n) is 2.92. The molecule has 1 aliphatic rings. The molecule has 7 nitrogen and oxygen atoms in total. The maximum Gasteiger partial charge on any atom is 0.214 e. The lowest BCUT2D eigenvalue weighted by molar-refractivity contribution is 0.102. The van der Waals surface area contributed by atoms with Gasteiger partial charge in [-0.2, -0.15) is 0 Å². The van der Waals surface area contributed by atoms with Crippen molar-refractivity contribution in [2.75, 3.05) is 19.0 Å². The Kier molecular flexibility index (Phi) is 7.54. The van der Waals surface area contributed by atoms with E-state index in [2.05, 4.69) is 20.3 Å². The Labute approximate surface area is 181 Å². The number of nitrogens with zero attached hydrogens (tertiary/aromatic N) is 3. The highest BCUT2D eigenvalue weighted by Gasteiger charge is 2.20. The van der Waals surface area contributed by atoms with Crippen LogP contribution in [0.4, 0.5) is 5.69 Å². The van der Waals surface area contributed by atoms with E-state index in [4.69, 9.17) is 21.1 Å². The zero-order valence-electron chi connectivity index (χ0n) is 17.3. The summed E-state index contributed by atoms with van der Waals surface area (Å²) in [6.07, 6.45) is 7.71. The second-order valence-electron chi connectivity index (χ2n) is 7.09. The molecule has 0 radical (unpaired) electrons. The number of anilines is 1. The van der Waals surface area contributed by atoms with Crippen LogP contribution in [0.2, 0.25) is 5.02 Å². The number of rotatable bonds is 9. The van der Waals surface area contributed by atoms with E-state index in [1.807, 2.05) is 32.1 Å². The van der Waals surface area contributed by atoms with Crippen LogP contribution in [0, 0.1) is 0 Å². The van der Waals surface area contributed by atoms with Crippen LogP contribution in [-0.2, 0) is 11.2 Å². The second-order valence-corrected chi connectivity index (χ2v) is 7.53. The molecule has 0 saturated heterocycles. The van der Waals surface area contributed by atoms with E-state index < -0.39 is 0 Å². The topological polar surface area (TPSA) is 85.7 Å². The number of allylic oxidation sites excluding steroid dienone is 1. The summed E-state index contributed by atoms with van der Waals surface area (Å²) in [5, 5.41) is 3.72. The van der Waals surface area contributed by atoms with Crippen molar-refractivity contribution in [3.63, 3.8) is 0 Å². The van der Waals surface area contributed by atoms with Crippen molar-refractivity contribution in [3.05, 3.63) is 58.5 Å².